The summed E-state index contributed by atoms with van der Waals surface area (Å²) in [5.74, 6) is -0.318. The number of halogens is 2. The van der Waals surface area contributed by atoms with E-state index in [1.54, 1.807) is 48.6 Å². The molecule has 0 saturated heterocycles. The Morgan fingerprint density at radius 2 is 2.00 bits per heavy atom. The number of allylic oxidation sites excluding steroid dienone is 3. The highest BCUT2D eigenvalue weighted by Crippen LogP contribution is 2.27. The van der Waals surface area contributed by atoms with Crippen LogP contribution in [0.15, 0.2) is 65.6 Å². The molecule has 0 heterocycles. The molecular formula is C24H28Cl2N4O2S2. The number of hydrogen-bond acceptors (Lipinski definition) is 5. The molecule has 2 aromatic carbocycles. The molecule has 0 bridgehead atoms. The third-order valence-electron chi connectivity index (χ3n) is 4.86. The van der Waals surface area contributed by atoms with E-state index in [1.165, 1.54) is 0 Å². The molecule has 10 heteroatoms. The summed E-state index contributed by atoms with van der Waals surface area (Å²) in [5.41, 5.74) is 3.21. The molecule has 2 rings (SSSR count). The zero-order chi connectivity index (χ0) is 25.3. The molecule has 0 aliphatic carbocycles. The molecule has 1 amide bonds. The minimum Gasteiger partial charge on any atom is -0.345 e. The molecule has 0 spiro atoms. The van der Waals surface area contributed by atoms with Crippen LogP contribution in [0, 0.1) is 6.92 Å². The fraction of sp³-hybridized carbons (Fsp3) is 0.250. The van der Waals surface area contributed by atoms with Gasteiger partial charge in [0.15, 0.2) is 0 Å². The molecule has 2 unspecified atom stereocenters. The van der Waals surface area contributed by atoms with Crippen LogP contribution in [-0.4, -0.2) is 21.1 Å². The first-order valence-electron chi connectivity index (χ1n) is 10.4. The highest BCUT2D eigenvalue weighted by Gasteiger charge is 2.20. The molecule has 2 aromatic rings. The summed E-state index contributed by atoms with van der Waals surface area (Å²) >= 11 is 13.1. The van der Waals surface area contributed by atoms with Crippen LogP contribution in [-0.2, 0) is 11.0 Å². The number of carbonyl (C=O) groups is 1. The van der Waals surface area contributed by atoms with Crippen molar-refractivity contribution in [3.05, 3.63) is 87.9 Å². The summed E-state index contributed by atoms with van der Waals surface area (Å²) in [6.45, 7) is 9.21. The average Bonchev–Trinajstić information content (AvgIpc) is 2.77. The largest absolute Gasteiger partial charge is 0.345 e. The quantitative estimate of drug-likeness (QED) is 0.176. The molecule has 0 aliphatic rings. The second-order valence-corrected chi connectivity index (χ2v) is 10.4. The van der Waals surface area contributed by atoms with Crippen LogP contribution in [0.5, 0.6) is 0 Å². The predicted octanol–water partition coefficient (Wildman–Crippen LogP) is 6.35. The van der Waals surface area contributed by atoms with E-state index in [0.717, 1.165) is 23.3 Å². The molecule has 4 N–H and O–H groups in total. The third-order valence-corrected chi connectivity index (χ3v) is 7.08. The molecule has 0 saturated carbocycles. The molecular weight excluding hydrogens is 511 g/mol. The highest BCUT2D eigenvalue weighted by molar-refractivity contribution is 7.95. The van der Waals surface area contributed by atoms with Crippen LogP contribution in [0.2, 0.25) is 10.0 Å². The molecule has 0 aliphatic heterocycles. The molecule has 3 atom stereocenters. The zero-order valence-corrected chi connectivity index (χ0v) is 22.3. The van der Waals surface area contributed by atoms with Gasteiger partial charge in [0.05, 0.1) is 40.4 Å². The molecule has 182 valence electrons. The maximum Gasteiger partial charge on any atom is 0.253 e. The number of nitrogens with two attached hydrogens (primary N) is 1. The Hall–Kier alpha value is -2.10. The van der Waals surface area contributed by atoms with E-state index in [4.69, 9.17) is 28.3 Å². The van der Waals surface area contributed by atoms with E-state index < -0.39 is 11.0 Å². The monoisotopic (exact) mass is 538 g/mol. The van der Waals surface area contributed by atoms with Crippen LogP contribution in [0.1, 0.15) is 47.8 Å². The van der Waals surface area contributed by atoms with Crippen LogP contribution in [0.25, 0.3) is 0 Å². The van der Waals surface area contributed by atoms with Gasteiger partial charge < -0.3 is 10.0 Å². The van der Waals surface area contributed by atoms with E-state index in [-0.39, 0.29) is 17.2 Å². The molecule has 0 radical (unpaired) electrons. The van der Waals surface area contributed by atoms with E-state index in [0.29, 0.717) is 33.4 Å². The Kier molecular flexibility index (Phi) is 11.3. The van der Waals surface area contributed by atoms with Gasteiger partial charge in [0.2, 0.25) is 0 Å². The molecule has 0 aromatic heterocycles. The number of aryl methyl sites for hydroxylation is 1. The number of amides is 1. The topological polar surface area (TPSA) is 96.6 Å². The molecule has 34 heavy (non-hydrogen) atoms. The summed E-state index contributed by atoms with van der Waals surface area (Å²) in [4.78, 5) is 13.1. The maximum atomic E-state index is 13.1. The van der Waals surface area contributed by atoms with Gasteiger partial charge >= 0.3 is 0 Å². The number of anilines is 1. The Bertz CT molecular complexity index is 1120. The van der Waals surface area contributed by atoms with Crippen molar-refractivity contribution in [3.8, 4) is 0 Å². The number of nitrogens with zero attached hydrogens (tertiary/aromatic N) is 1. The van der Waals surface area contributed by atoms with Gasteiger partial charge in [-0.2, -0.15) is 0 Å². The van der Waals surface area contributed by atoms with Crippen LogP contribution in [0.4, 0.5) is 5.69 Å². The number of hydrogen-bond donors (Lipinski definition) is 3. The minimum absolute atomic E-state index is 0.302. The fourth-order valence-corrected chi connectivity index (χ4v) is 4.86. The van der Waals surface area contributed by atoms with E-state index in [9.17, 15) is 9.00 Å². The summed E-state index contributed by atoms with van der Waals surface area (Å²) in [5, 5.41) is 9.10. The van der Waals surface area contributed by atoms with Gasteiger partial charge in [-0.3, -0.25) is 9.93 Å². The first kappa shape index (κ1) is 28.1. The van der Waals surface area contributed by atoms with Crippen LogP contribution < -0.4 is 15.2 Å². The normalized spacial score (nSPS) is 14.5. The van der Waals surface area contributed by atoms with Crippen molar-refractivity contribution in [2.45, 2.75) is 38.5 Å². The summed E-state index contributed by atoms with van der Waals surface area (Å²) in [7, 11) is -1.49. The second-order valence-electron chi connectivity index (χ2n) is 7.61. The summed E-state index contributed by atoms with van der Waals surface area (Å²) in [6, 6.07) is 10.1. The predicted molar refractivity (Wildman–Crippen MR) is 148 cm³/mol. The van der Waals surface area contributed by atoms with Gasteiger partial charge in [-0.15, -0.1) is 0 Å². The zero-order valence-electron chi connectivity index (χ0n) is 19.2. The standard InChI is InChI=1S/C24H28Cl2N4O2S2/c1-5-6-7-19(29-33-27)13-16(3)34(32)30-23-12-15(2)8-10-21(23)24(31)28-17(4)20-11-9-18(25)14-22(20)26/h5-12,14,16-17,30H,1,13,27H2,2-4H3,(H,28,31)/b7-6-,29-19-/t16?,17-,34?/m1/s1. The first-order valence-corrected chi connectivity index (χ1v) is 13.2. The maximum absolute atomic E-state index is 13.1. The van der Waals surface area contributed by atoms with Gasteiger partial charge in [-0.25, -0.2) is 8.61 Å². The van der Waals surface area contributed by atoms with Crippen molar-refractivity contribution < 1.29 is 9.00 Å². The molecule has 6 nitrogen and oxygen atoms in total. The minimum atomic E-state index is -1.49. The van der Waals surface area contributed by atoms with E-state index >= 15 is 0 Å². The Morgan fingerprint density at radius 1 is 1.26 bits per heavy atom. The van der Waals surface area contributed by atoms with Crippen LogP contribution in [0.3, 0.4) is 0 Å². The van der Waals surface area contributed by atoms with Gasteiger partial charge in [-0.1, -0.05) is 54.1 Å². The number of rotatable bonds is 11. The van der Waals surface area contributed by atoms with E-state index in [2.05, 4.69) is 21.0 Å². The van der Waals surface area contributed by atoms with Gasteiger partial charge in [-0.05, 0) is 62.2 Å². The lowest BCUT2D eigenvalue weighted by molar-refractivity contribution is 0.0941. The fourth-order valence-electron chi connectivity index (χ4n) is 3.11. The van der Waals surface area contributed by atoms with Crippen molar-refractivity contribution in [1.82, 2.24) is 5.32 Å². The smallest absolute Gasteiger partial charge is 0.253 e. The van der Waals surface area contributed by atoms with E-state index in [1.807, 2.05) is 26.8 Å². The van der Waals surface area contributed by atoms with Crippen molar-refractivity contribution in [2.24, 2.45) is 9.54 Å². The van der Waals surface area contributed by atoms with Crippen molar-refractivity contribution in [3.63, 3.8) is 0 Å². The second kappa shape index (κ2) is 13.7. The van der Waals surface area contributed by atoms with Gasteiger partial charge in [0, 0.05) is 16.5 Å². The number of nitrogens with one attached hydrogen (secondary N) is 2. The SMILES string of the molecule is C=C/C=C\C(CC(C)S(=O)Nc1cc(C)ccc1C(=O)N[C@H](C)c1ccc(Cl)cc1Cl)=N\SN. The average molecular weight is 540 g/mol. The lowest BCUT2D eigenvalue weighted by Gasteiger charge is -2.19. The lowest BCUT2D eigenvalue weighted by atomic mass is 10.1. The Labute approximate surface area is 217 Å². The van der Waals surface area contributed by atoms with Crippen molar-refractivity contribution in [2.75, 3.05) is 4.72 Å². The number of benzene rings is 2. The Balaban J connectivity index is 2.19. The first-order chi connectivity index (χ1) is 16.2. The van der Waals surface area contributed by atoms with Gasteiger partial charge in [0.25, 0.3) is 5.91 Å². The van der Waals surface area contributed by atoms with Crippen molar-refractivity contribution >= 4 is 63.6 Å². The third kappa shape index (κ3) is 8.29. The van der Waals surface area contributed by atoms with Crippen LogP contribution >= 0.6 is 35.3 Å². The van der Waals surface area contributed by atoms with Crippen molar-refractivity contribution in [1.29, 1.82) is 0 Å². The number of carbonyl (C=O) groups excluding carboxylic acids is 1. The lowest BCUT2D eigenvalue weighted by Crippen LogP contribution is -2.28. The Morgan fingerprint density at radius 3 is 2.65 bits per heavy atom. The summed E-state index contributed by atoms with van der Waals surface area (Å²) in [6.07, 6.45) is 5.57. The highest BCUT2D eigenvalue weighted by atomic mass is 35.5. The molecule has 0 fully saturated rings. The summed E-state index contributed by atoms with van der Waals surface area (Å²) < 4.78 is 20.2. The van der Waals surface area contributed by atoms with Gasteiger partial charge in [0.1, 0.15) is 11.0 Å².